The molecule has 1 amide bonds. The summed E-state index contributed by atoms with van der Waals surface area (Å²) < 4.78 is 44.4. The van der Waals surface area contributed by atoms with Crippen LogP contribution in [-0.2, 0) is 14.6 Å². The molecule has 0 bridgehead atoms. The summed E-state index contributed by atoms with van der Waals surface area (Å²) >= 11 is 0.718. The van der Waals surface area contributed by atoms with Crippen LogP contribution in [0, 0.1) is 18.3 Å². The van der Waals surface area contributed by atoms with Crippen LogP contribution in [0.15, 0.2) is 53.2 Å². The van der Waals surface area contributed by atoms with Gasteiger partial charge in [0.15, 0.2) is 11.5 Å². The molecular formula is C25H26N4O6S2. The second kappa shape index (κ2) is 12.8. The van der Waals surface area contributed by atoms with Gasteiger partial charge in [0.05, 0.1) is 26.1 Å². The van der Waals surface area contributed by atoms with Gasteiger partial charge >= 0.3 is 0 Å². The maximum absolute atomic E-state index is 12.5. The smallest absolute Gasteiger partial charge is 0.268 e. The summed E-state index contributed by atoms with van der Waals surface area (Å²) in [7, 11) is -2.11. The Balaban J connectivity index is 1.59. The van der Waals surface area contributed by atoms with Crippen molar-refractivity contribution >= 4 is 38.5 Å². The summed E-state index contributed by atoms with van der Waals surface area (Å²) in [5.74, 6) is 0.838. The molecule has 2 aromatic carbocycles. The zero-order valence-electron chi connectivity index (χ0n) is 20.6. The predicted molar refractivity (Wildman–Crippen MR) is 140 cm³/mol. The predicted octanol–water partition coefficient (Wildman–Crippen LogP) is 4.04. The number of nitrogens with zero attached hydrogens (tertiary/aromatic N) is 3. The maximum Gasteiger partial charge on any atom is 0.268 e. The van der Waals surface area contributed by atoms with Crippen LogP contribution < -0.4 is 19.5 Å². The molecule has 0 saturated heterocycles. The Morgan fingerprint density at radius 1 is 1.14 bits per heavy atom. The van der Waals surface area contributed by atoms with Crippen LogP contribution in [0.3, 0.4) is 0 Å². The van der Waals surface area contributed by atoms with Crippen molar-refractivity contribution in [3.05, 3.63) is 59.2 Å². The number of carbonyl (C=O) groups excluding carboxylic acids is 1. The second-order valence-corrected chi connectivity index (χ2v) is 10.6. The van der Waals surface area contributed by atoms with Crippen LogP contribution >= 0.6 is 11.5 Å². The van der Waals surface area contributed by atoms with Crippen molar-refractivity contribution in [2.24, 2.45) is 0 Å². The van der Waals surface area contributed by atoms with Gasteiger partial charge in [0.25, 0.3) is 11.1 Å². The van der Waals surface area contributed by atoms with E-state index in [0.29, 0.717) is 36.7 Å². The van der Waals surface area contributed by atoms with Crippen molar-refractivity contribution in [2.45, 2.75) is 25.4 Å². The summed E-state index contributed by atoms with van der Waals surface area (Å²) in [5.41, 5.74) is 1.49. The van der Waals surface area contributed by atoms with Crippen LogP contribution in [0.5, 0.6) is 17.2 Å². The van der Waals surface area contributed by atoms with Gasteiger partial charge in [-0.1, -0.05) is 30.7 Å². The van der Waals surface area contributed by atoms with E-state index in [1.165, 1.54) is 25.7 Å². The molecule has 0 unspecified atom stereocenters. The Kier molecular flexibility index (Phi) is 9.59. The molecule has 0 fully saturated rings. The number of hydrogen-bond acceptors (Lipinski definition) is 10. The molecular weight excluding hydrogens is 516 g/mol. The number of aryl methyl sites for hydroxylation is 1. The number of rotatable bonds is 12. The Bertz CT molecular complexity index is 1410. The summed E-state index contributed by atoms with van der Waals surface area (Å²) in [6.45, 7) is 4.38. The van der Waals surface area contributed by atoms with E-state index in [-0.39, 0.29) is 21.6 Å². The first-order chi connectivity index (χ1) is 17.7. The fraction of sp³-hybridized carbons (Fsp3) is 0.280. The van der Waals surface area contributed by atoms with E-state index in [9.17, 15) is 18.5 Å². The number of amides is 1. The van der Waals surface area contributed by atoms with Gasteiger partial charge in [-0.25, -0.2) is 8.42 Å². The van der Waals surface area contributed by atoms with Crippen molar-refractivity contribution in [1.82, 2.24) is 9.36 Å². The molecule has 0 spiro atoms. The van der Waals surface area contributed by atoms with E-state index in [4.69, 9.17) is 14.2 Å². The van der Waals surface area contributed by atoms with E-state index in [0.717, 1.165) is 17.3 Å². The van der Waals surface area contributed by atoms with Crippen molar-refractivity contribution in [3.8, 4) is 23.3 Å². The van der Waals surface area contributed by atoms with E-state index in [1.54, 1.807) is 18.2 Å². The number of aromatic nitrogens is 2. The first kappa shape index (κ1) is 27.6. The lowest BCUT2D eigenvalue weighted by atomic mass is 10.1. The molecule has 0 atom stereocenters. The van der Waals surface area contributed by atoms with Gasteiger partial charge in [-0.05, 0) is 42.8 Å². The third-order valence-electron chi connectivity index (χ3n) is 4.99. The Morgan fingerprint density at radius 2 is 1.86 bits per heavy atom. The van der Waals surface area contributed by atoms with Crippen LogP contribution in [0.2, 0.25) is 0 Å². The highest BCUT2D eigenvalue weighted by molar-refractivity contribution is 7.91. The topological polar surface area (TPSA) is 140 Å². The zero-order chi connectivity index (χ0) is 26.8. The standard InChI is InChI=1S/C25H26N4O6S2/c1-4-37(31,32)25-28-24(36-29-25)27-23(30)19(16-26)14-18-8-11-21(22(15-18)33-3)35-13-5-12-34-20-9-6-17(2)7-10-20/h6-11,14-15H,4-5,12-13H2,1-3H3,(H,27,28,29,30). The number of anilines is 1. The van der Waals surface area contributed by atoms with Gasteiger partial charge in [-0.15, -0.1) is 0 Å². The van der Waals surface area contributed by atoms with Crippen LogP contribution in [0.4, 0.5) is 5.13 Å². The fourth-order valence-electron chi connectivity index (χ4n) is 2.95. The zero-order valence-corrected chi connectivity index (χ0v) is 22.2. The minimum atomic E-state index is -3.60. The summed E-state index contributed by atoms with van der Waals surface area (Å²) in [5, 5.41) is 11.5. The number of ether oxygens (including phenoxy) is 3. The summed E-state index contributed by atoms with van der Waals surface area (Å²) in [4.78, 5) is 16.4. The lowest BCUT2D eigenvalue weighted by molar-refractivity contribution is -0.112. The lowest BCUT2D eigenvalue weighted by Crippen LogP contribution is -2.13. The largest absolute Gasteiger partial charge is 0.493 e. The quantitative estimate of drug-likeness (QED) is 0.204. The molecule has 0 aliphatic carbocycles. The highest BCUT2D eigenvalue weighted by atomic mass is 32.2. The first-order valence-corrected chi connectivity index (χ1v) is 13.7. The van der Waals surface area contributed by atoms with Gasteiger partial charge < -0.3 is 14.2 Å². The van der Waals surface area contributed by atoms with Gasteiger partial charge in [-0.2, -0.15) is 14.6 Å². The normalized spacial score (nSPS) is 11.5. The van der Waals surface area contributed by atoms with Gasteiger partial charge in [0, 0.05) is 18.0 Å². The number of hydrogen-bond donors (Lipinski definition) is 1. The second-order valence-electron chi connectivity index (χ2n) is 7.68. The Morgan fingerprint density at radius 3 is 2.54 bits per heavy atom. The van der Waals surface area contributed by atoms with E-state index < -0.39 is 15.7 Å². The fourth-order valence-corrected chi connectivity index (χ4v) is 4.54. The van der Waals surface area contributed by atoms with Gasteiger partial charge in [0.2, 0.25) is 15.0 Å². The molecule has 37 heavy (non-hydrogen) atoms. The molecule has 10 nitrogen and oxygen atoms in total. The summed E-state index contributed by atoms with van der Waals surface area (Å²) in [6.07, 6.45) is 2.03. The van der Waals surface area contributed by atoms with Gasteiger partial charge in [0.1, 0.15) is 17.4 Å². The summed E-state index contributed by atoms with van der Waals surface area (Å²) in [6, 6.07) is 14.7. The highest BCUT2D eigenvalue weighted by Crippen LogP contribution is 2.29. The minimum absolute atomic E-state index is 0.0224. The molecule has 0 aliphatic heterocycles. The highest BCUT2D eigenvalue weighted by Gasteiger charge is 2.20. The maximum atomic E-state index is 12.5. The number of nitrogens with one attached hydrogen (secondary N) is 1. The van der Waals surface area contributed by atoms with Crippen LogP contribution in [0.1, 0.15) is 24.5 Å². The average Bonchev–Trinajstić information content (AvgIpc) is 3.38. The number of nitriles is 1. The minimum Gasteiger partial charge on any atom is -0.493 e. The van der Waals surface area contributed by atoms with Crippen molar-refractivity contribution in [3.63, 3.8) is 0 Å². The van der Waals surface area contributed by atoms with Crippen LogP contribution in [-0.4, -0.2) is 49.8 Å². The third kappa shape index (κ3) is 7.77. The molecule has 1 N–H and O–H groups in total. The van der Waals surface area contributed by atoms with Gasteiger partial charge in [-0.3, -0.25) is 10.1 Å². The van der Waals surface area contributed by atoms with Crippen molar-refractivity contribution < 1.29 is 27.4 Å². The van der Waals surface area contributed by atoms with E-state index >= 15 is 0 Å². The Labute approximate surface area is 219 Å². The monoisotopic (exact) mass is 542 g/mol. The first-order valence-electron chi connectivity index (χ1n) is 11.3. The number of sulfone groups is 1. The molecule has 0 aliphatic rings. The molecule has 12 heteroatoms. The molecule has 1 heterocycles. The molecule has 1 aromatic heterocycles. The average molecular weight is 543 g/mol. The Hall–Kier alpha value is -3.95. The molecule has 3 rings (SSSR count). The number of benzene rings is 2. The third-order valence-corrected chi connectivity index (χ3v) is 7.23. The molecule has 0 radical (unpaired) electrons. The molecule has 3 aromatic rings. The SMILES string of the molecule is CCS(=O)(=O)c1nsc(NC(=O)C(C#N)=Cc2ccc(OCCCOc3ccc(C)cc3)c(OC)c2)n1. The lowest BCUT2D eigenvalue weighted by Gasteiger charge is -2.12. The van der Waals surface area contributed by atoms with E-state index in [1.807, 2.05) is 37.3 Å². The van der Waals surface area contributed by atoms with Crippen molar-refractivity contribution in [2.75, 3.05) is 31.4 Å². The van der Waals surface area contributed by atoms with Crippen molar-refractivity contribution in [1.29, 1.82) is 5.26 Å². The number of methoxy groups -OCH3 is 1. The molecule has 0 saturated carbocycles. The van der Waals surface area contributed by atoms with Crippen LogP contribution in [0.25, 0.3) is 6.08 Å². The number of carbonyl (C=O) groups is 1. The molecule has 194 valence electrons. The van der Waals surface area contributed by atoms with E-state index in [2.05, 4.69) is 14.7 Å².